The van der Waals surface area contributed by atoms with Gasteiger partial charge in [-0.05, 0) is 50.1 Å². The molecule has 8 nitrogen and oxygen atoms in total. The van der Waals surface area contributed by atoms with Gasteiger partial charge in [-0.3, -0.25) is 9.59 Å². The third kappa shape index (κ3) is 5.86. The molecule has 2 aromatic rings. The topological polar surface area (TPSA) is 91.3 Å². The van der Waals surface area contributed by atoms with Crippen molar-refractivity contribution in [2.75, 3.05) is 40.3 Å². The van der Waals surface area contributed by atoms with Crippen molar-refractivity contribution in [1.29, 1.82) is 0 Å². The lowest BCUT2D eigenvalue weighted by Gasteiger charge is -2.23. The lowest BCUT2D eigenvalue weighted by atomic mass is 10.1. The van der Waals surface area contributed by atoms with E-state index < -0.39 is 6.09 Å². The van der Waals surface area contributed by atoms with Gasteiger partial charge < -0.3 is 19.9 Å². The van der Waals surface area contributed by atoms with Crippen molar-refractivity contribution >= 4 is 58.4 Å². The number of carbonyl (C=O) groups is 3. The van der Waals surface area contributed by atoms with Crippen LogP contribution in [0.2, 0.25) is 4.34 Å². The first-order valence-electron chi connectivity index (χ1n) is 11.1. The molecular formula is C23H27ClN4O4S2. The summed E-state index contributed by atoms with van der Waals surface area (Å²) in [5, 5.41) is 2.43. The highest BCUT2D eigenvalue weighted by Crippen LogP contribution is 2.31. The Morgan fingerprint density at radius 2 is 2.03 bits per heavy atom. The van der Waals surface area contributed by atoms with Crippen molar-refractivity contribution in [3.8, 4) is 0 Å². The SMILES string of the molecule is CNC(=O)OC[C@@H]1CC(C=NC(=O)c2ccc(Cl)s2)CN1C(=O)c1cc2c(s1)CCN(C)CC2. The fourth-order valence-electron chi connectivity index (χ4n) is 4.23. The summed E-state index contributed by atoms with van der Waals surface area (Å²) in [5.74, 6) is -0.538. The minimum absolute atomic E-state index is 0.0656. The second-order valence-electron chi connectivity index (χ2n) is 8.51. The maximum absolute atomic E-state index is 13.5. The molecule has 182 valence electrons. The van der Waals surface area contributed by atoms with Crippen molar-refractivity contribution in [3.63, 3.8) is 0 Å². The molecule has 4 heterocycles. The van der Waals surface area contributed by atoms with Gasteiger partial charge in [0.25, 0.3) is 11.8 Å². The van der Waals surface area contributed by atoms with E-state index in [1.807, 2.05) is 6.07 Å². The molecule has 1 unspecified atom stereocenters. The normalized spacial score (nSPS) is 20.9. The molecule has 1 fully saturated rings. The van der Waals surface area contributed by atoms with Crippen LogP contribution in [0.1, 0.15) is 36.2 Å². The molecule has 11 heteroatoms. The predicted molar refractivity (Wildman–Crippen MR) is 135 cm³/mol. The smallest absolute Gasteiger partial charge is 0.406 e. The number of likely N-dealkylation sites (N-methyl/N-ethyl adjacent to an activating group) is 1. The van der Waals surface area contributed by atoms with Crippen LogP contribution in [-0.2, 0) is 17.6 Å². The number of hydrogen-bond donors (Lipinski definition) is 1. The summed E-state index contributed by atoms with van der Waals surface area (Å²) in [5.41, 5.74) is 1.24. The minimum Gasteiger partial charge on any atom is -0.447 e. The molecule has 0 aromatic carbocycles. The maximum atomic E-state index is 13.5. The third-order valence-corrected chi connectivity index (χ3v) is 8.54. The fourth-order valence-corrected chi connectivity index (χ4v) is 6.32. The zero-order valence-corrected chi connectivity index (χ0v) is 21.5. The number of halogens is 1. The molecule has 3 amide bonds. The summed E-state index contributed by atoms with van der Waals surface area (Å²) in [7, 11) is 3.61. The molecule has 0 spiro atoms. The first-order chi connectivity index (χ1) is 16.3. The van der Waals surface area contributed by atoms with E-state index in [9.17, 15) is 14.4 Å². The highest BCUT2D eigenvalue weighted by Gasteiger charge is 2.37. The fraction of sp³-hybridized carbons (Fsp3) is 0.478. The van der Waals surface area contributed by atoms with E-state index in [2.05, 4.69) is 22.3 Å². The Bertz CT molecular complexity index is 1070. The first-order valence-corrected chi connectivity index (χ1v) is 13.1. The molecule has 2 aliphatic rings. The number of aliphatic imine (C=N–C) groups is 1. The van der Waals surface area contributed by atoms with Crippen molar-refractivity contribution in [3.05, 3.63) is 42.7 Å². The quantitative estimate of drug-likeness (QED) is 0.606. The molecule has 2 aromatic heterocycles. The summed E-state index contributed by atoms with van der Waals surface area (Å²) < 4.78 is 5.81. The molecule has 1 N–H and O–H groups in total. The largest absolute Gasteiger partial charge is 0.447 e. The predicted octanol–water partition coefficient (Wildman–Crippen LogP) is 3.59. The van der Waals surface area contributed by atoms with Crippen LogP contribution in [0.25, 0.3) is 0 Å². The Morgan fingerprint density at radius 3 is 2.76 bits per heavy atom. The van der Waals surface area contributed by atoms with Gasteiger partial charge in [-0.2, -0.15) is 0 Å². The zero-order valence-electron chi connectivity index (χ0n) is 19.1. The second kappa shape index (κ2) is 11.0. The van der Waals surface area contributed by atoms with Crippen molar-refractivity contribution in [2.24, 2.45) is 10.9 Å². The van der Waals surface area contributed by atoms with Gasteiger partial charge in [-0.15, -0.1) is 22.7 Å². The molecule has 0 bridgehead atoms. The zero-order chi connectivity index (χ0) is 24.2. The van der Waals surface area contributed by atoms with E-state index in [1.54, 1.807) is 34.6 Å². The van der Waals surface area contributed by atoms with Crippen LogP contribution in [0.3, 0.4) is 0 Å². The van der Waals surface area contributed by atoms with Crippen molar-refractivity contribution < 1.29 is 19.1 Å². The van der Waals surface area contributed by atoms with Gasteiger partial charge in [0, 0.05) is 43.7 Å². The molecule has 0 radical (unpaired) electrons. The summed E-state index contributed by atoms with van der Waals surface area (Å²) in [6, 6.07) is 5.04. The highest BCUT2D eigenvalue weighted by atomic mass is 35.5. The lowest BCUT2D eigenvalue weighted by Crippen LogP contribution is -2.39. The summed E-state index contributed by atoms with van der Waals surface area (Å²) in [6.45, 7) is 2.45. The van der Waals surface area contributed by atoms with Crippen LogP contribution in [-0.4, -0.2) is 80.3 Å². The third-order valence-electron chi connectivity index (χ3n) is 6.10. The van der Waals surface area contributed by atoms with Crippen LogP contribution < -0.4 is 5.32 Å². The minimum atomic E-state index is -0.541. The van der Waals surface area contributed by atoms with Crippen LogP contribution >= 0.6 is 34.3 Å². The number of ether oxygens (including phenoxy) is 1. The second-order valence-corrected chi connectivity index (χ2v) is 11.4. The Kier molecular flexibility index (Phi) is 8.02. The number of rotatable bonds is 5. The van der Waals surface area contributed by atoms with Crippen LogP contribution in [0.5, 0.6) is 0 Å². The molecule has 2 aliphatic heterocycles. The number of nitrogens with zero attached hydrogens (tertiary/aromatic N) is 3. The first kappa shape index (κ1) is 24.8. The molecular weight excluding hydrogens is 496 g/mol. The van der Waals surface area contributed by atoms with Crippen LogP contribution in [0.15, 0.2) is 23.2 Å². The molecule has 1 saturated heterocycles. The number of alkyl carbamates (subject to hydrolysis) is 1. The number of nitrogens with one attached hydrogen (secondary N) is 1. The number of hydrogen-bond acceptors (Lipinski definition) is 7. The number of amides is 3. The summed E-state index contributed by atoms with van der Waals surface area (Å²) in [6.07, 6.45) is 3.50. The van der Waals surface area contributed by atoms with E-state index in [0.29, 0.717) is 27.1 Å². The monoisotopic (exact) mass is 522 g/mol. The Balaban J connectivity index is 1.48. The van der Waals surface area contributed by atoms with Gasteiger partial charge in [-0.25, -0.2) is 9.79 Å². The maximum Gasteiger partial charge on any atom is 0.406 e. The van der Waals surface area contributed by atoms with Gasteiger partial charge in [0.1, 0.15) is 6.61 Å². The number of thiophene rings is 2. The Hall–Kier alpha value is -2.27. The average molecular weight is 523 g/mol. The average Bonchev–Trinajstić information content (AvgIpc) is 3.53. The Morgan fingerprint density at radius 1 is 1.24 bits per heavy atom. The van der Waals surface area contributed by atoms with E-state index in [1.165, 1.54) is 28.8 Å². The van der Waals surface area contributed by atoms with E-state index in [4.69, 9.17) is 16.3 Å². The molecule has 34 heavy (non-hydrogen) atoms. The molecule has 2 atom stereocenters. The van der Waals surface area contributed by atoms with Gasteiger partial charge in [-0.1, -0.05) is 11.6 Å². The van der Waals surface area contributed by atoms with Crippen molar-refractivity contribution in [1.82, 2.24) is 15.1 Å². The number of carbonyl (C=O) groups excluding carboxylic acids is 3. The van der Waals surface area contributed by atoms with E-state index >= 15 is 0 Å². The van der Waals surface area contributed by atoms with Gasteiger partial charge in [0.15, 0.2) is 0 Å². The standard InChI is InChI=1S/C23H27ClN4O4S2/c1-25-23(31)32-13-16-9-14(11-26-21(29)18-3-4-20(24)34-18)12-28(16)22(30)19-10-15-5-7-27(2)8-6-17(15)33-19/h3-4,10-11,14,16H,5-9,12-13H2,1-2H3,(H,25,31)/t14?,16-/m0/s1. The number of fused-ring (bicyclic) bond motifs is 1. The summed E-state index contributed by atoms with van der Waals surface area (Å²) >= 11 is 8.65. The molecule has 4 rings (SSSR count). The number of likely N-dealkylation sites (tertiary alicyclic amines) is 1. The van der Waals surface area contributed by atoms with Gasteiger partial charge >= 0.3 is 6.09 Å². The van der Waals surface area contributed by atoms with Crippen molar-refractivity contribution in [2.45, 2.75) is 25.3 Å². The van der Waals surface area contributed by atoms with Gasteiger partial charge in [0.05, 0.1) is 20.1 Å². The molecule has 0 saturated carbocycles. The van der Waals surface area contributed by atoms with E-state index in [-0.39, 0.29) is 30.4 Å². The lowest BCUT2D eigenvalue weighted by molar-refractivity contribution is 0.0643. The van der Waals surface area contributed by atoms with Gasteiger partial charge in [0.2, 0.25) is 0 Å². The van der Waals surface area contributed by atoms with Crippen LogP contribution in [0.4, 0.5) is 4.79 Å². The van der Waals surface area contributed by atoms with Crippen LogP contribution in [0, 0.1) is 5.92 Å². The highest BCUT2D eigenvalue weighted by molar-refractivity contribution is 7.18. The van der Waals surface area contributed by atoms with E-state index in [0.717, 1.165) is 25.9 Å². The molecule has 0 aliphatic carbocycles. The Labute approximate surface area is 211 Å². The summed E-state index contributed by atoms with van der Waals surface area (Å²) in [4.78, 5) is 48.1.